The first kappa shape index (κ1) is 95.1. The molecule has 0 bridgehead atoms. The summed E-state index contributed by atoms with van der Waals surface area (Å²) in [7, 11) is -9.91. The van der Waals surface area contributed by atoms with E-state index < -0.39 is 97.5 Å². The second-order valence-corrected chi connectivity index (χ2v) is 31.5. The van der Waals surface area contributed by atoms with E-state index in [1.54, 1.807) is 0 Å². The predicted molar refractivity (Wildman–Crippen MR) is 395 cm³/mol. The van der Waals surface area contributed by atoms with Crippen LogP contribution in [0.15, 0.2) is 0 Å². The molecule has 2 unspecified atom stereocenters. The van der Waals surface area contributed by atoms with Crippen LogP contribution in [0.2, 0.25) is 0 Å². The van der Waals surface area contributed by atoms with Crippen LogP contribution >= 0.6 is 15.6 Å². The maximum Gasteiger partial charge on any atom is 0.472 e. The van der Waals surface area contributed by atoms with E-state index in [1.807, 2.05) is 0 Å². The number of aliphatic hydroxyl groups excluding tert-OH is 1. The van der Waals surface area contributed by atoms with Crippen molar-refractivity contribution in [3.63, 3.8) is 0 Å². The van der Waals surface area contributed by atoms with Crippen LogP contribution in [-0.4, -0.2) is 96.7 Å². The molecule has 0 amide bonds. The minimum Gasteiger partial charge on any atom is -0.462 e. The Morgan fingerprint density at radius 3 is 0.701 bits per heavy atom. The Labute approximate surface area is 594 Å². The molecular formula is C78H152O17P2. The molecule has 0 saturated heterocycles. The number of unbranched alkanes of at least 4 members (excludes halogenated alkanes) is 50. The molecule has 0 aromatic carbocycles. The fourth-order valence-corrected chi connectivity index (χ4v) is 13.6. The highest BCUT2D eigenvalue weighted by Crippen LogP contribution is 2.45. The molecule has 0 spiro atoms. The van der Waals surface area contributed by atoms with E-state index in [0.717, 1.165) is 95.8 Å². The molecule has 0 aromatic heterocycles. The van der Waals surface area contributed by atoms with Crippen molar-refractivity contribution in [2.75, 3.05) is 39.6 Å². The van der Waals surface area contributed by atoms with Crippen molar-refractivity contribution < 1.29 is 80.2 Å². The molecule has 0 rings (SSSR count). The molecule has 5 atom stereocenters. The first-order valence-electron chi connectivity index (χ1n) is 40.6. The summed E-state index contributed by atoms with van der Waals surface area (Å²) in [5.41, 5.74) is 0. The summed E-state index contributed by atoms with van der Waals surface area (Å²) in [6, 6.07) is 0. The maximum atomic E-state index is 13.1. The summed E-state index contributed by atoms with van der Waals surface area (Å²) in [4.78, 5) is 72.8. The van der Waals surface area contributed by atoms with E-state index in [1.165, 1.54) is 238 Å². The van der Waals surface area contributed by atoms with Gasteiger partial charge >= 0.3 is 39.5 Å². The predicted octanol–water partition coefficient (Wildman–Crippen LogP) is 23.3. The second kappa shape index (κ2) is 71.1. The van der Waals surface area contributed by atoms with Gasteiger partial charge in [0.25, 0.3) is 0 Å². The van der Waals surface area contributed by atoms with Gasteiger partial charge in [-0.1, -0.05) is 362 Å². The Balaban J connectivity index is 5.20. The van der Waals surface area contributed by atoms with Gasteiger partial charge in [-0.2, -0.15) is 0 Å². The summed E-state index contributed by atoms with van der Waals surface area (Å²) in [6.45, 7) is 7.34. The second-order valence-electron chi connectivity index (χ2n) is 28.6. The molecule has 17 nitrogen and oxygen atoms in total. The highest BCUT2D eigenvalue weighted by molar-refractivity contribution is 7.47. The van der Waals surface area contributed by atoms with Crippen molar-refractivity contribution in [1.29, 1.82) is 0 Å². The third-order valence-corrected chi connectivity index (χ3v) is 20.2. The number of aliphatic hydroxyl groups is 1. The molecule has 0 radical (unpaired) electrons. The smallest absolute Gasteiger partial charge is 0.462 e. The van der Waals surface area contributed by atoms with Gasteiger partial charge in [0, 0.05) is 25.7 Å². The molecule has 0 aliphatic carbocycles. The van der Waals surface area contributed by atoms with Crippen molar-refractivity contribution >= 4 is 39.5 Å². The van der Waals surface area contributed by atoms with E-state index >= 15 is 0 Å². The lowest BCUT2D eigenvalue weighted by Gasteiger charge is -2.21. The third kappa shape index (κ3) is 72.2. The lowest BCUT2D eigenvalue weighted by atomic mass is 10.0. The SMILES string of the molecule is CCCCCCCCCCCCCCCCC(=O)OC[C@H](COP(=O)(O)OC[C@@H](O)COP(=O)(O)OC[C@@H](COC(=O)CCCCCCCCCCCCC)OC(=O)CCCCCCCCCCCCC)OC(=O)CCCCCCCCCCCCCCCCCCCCC(C)C. The number of carbonyl (C=O) groups is 4. The van der Waals surface area contributed by atoms with Gasteiger partial charge < -0.3 is 33.8 Å². The Morgan fingerprint density at radius 2 is 0.474 bits per heavy atom. The van der Waals surface area contributed by atoms with E-state index in [-0.39, 0.29) is 25.7 Å². The van der Waals surface area contributed by atoms with Crippen molar-refractivity contribution in [2.24, 2.45) is 5.92 Å². The van der Waals surface area contributed by atoms with Gasteiger partial charge in [-0.3, -0.25) is 37.3 Å². The van der Waals surface area contributed by atoms with Gasteiger partial charge in [-0.05, 0) is 31.6 Å². The number of phosphoric acid groups is 2. The minimum atomic E-state index is -4.96. The van der Waals surface area contributed by atoms with E-state index in [2.05, 4.69) is 34.6 Å². The molecular weight excluding hydrogens is 1270 g/mol. The van der Waals surface area contributed by atoms with E-state index in [4.69, 9.17) is 37.0 Å². The van der Waals surface area contributed by atoms with E-state index in [9.17, 15) is 43.2 Å². The average Bonchev–Trinajstić information content (AvgIpc) is 1.75. The number of ether oxygens (including phenoxy) is 4. The zero-order valence-electron chi connectivity index (χ0n) is 63.2. The Kier molecular flexibility index (Phi) is 69.6. The van der Waals surface area contributed by atoms with Crippen LogP contribution in [-0.2, 0) is 65.4 Å². The van der Waals surface area contributed by atoms with Crippen LogP contribution in [0.3, 0.4) is 0 Å². The zero-order chi connectivity index (χ0) is 71.2. The highest BCUT2D eigenvalue weighted by Gasteiger charge is 2.30. The van der Waals surface area contributed by atoms with Gasteiger partial charge in [0.1, 0.15) is 19.3 Å². The molecule has 97 heavy (non-hydrogen) atoms. The summed E-state index contributed by atoms with van der Waals surface area (Å²) in [6.07, 6.45) is 60.9. The van der Waals surface area contributed by atoms with Crippen molar-refractivity contribution in [3.8, 4) is 0 Å². The fourth-order valence-electron chi connectivity index (χ4n) is 12.1. The van der Waals surface area contributed by atoms with Gasteiger partial charge in [0.15, 0.2) is 12.2 Å². The molecule has 0 saturated carbocycles. The van der Waals surface area contributed by atoms with Gasteiger partial charge in [-0.25, -0.2) is 9.13 Å². The lowest BCUT2D eigenvalue weighted by molar-refractivity contribution is -0.161. The molecule has 0 aliphatic heterocycles. The quantitative estimate of drug-likeness (QED) is 0.0222. The highest BCUT2D eigenvalue weighted by atomic mass is 31.2. The van der Waals surface area contributed by atoms with Gasteiger partial charge in [-0.15, -0.1) is 0 Å². The topological polar surface area (TPSA) is 237 Å². The number of phosphoric ester groups is 2. The molecule has 0 fully saturated rings. The van der Waals surface area contributed by atoms with Crippen molar-refractivity contribution in [1.82, 2.24) is 0 Å². The van der Waals surface area contributed by atoms with Crippen LogP contribution in [0.1, 0.15) is 413 Å². The summed E-state index contributed by atoms with van der Waals surface area (Å²) < 4.78 is 68.6. The summed E-state index contributed by atoms with van der Waals surface area (Å²) >= 11 is 0. The van der Waals surface area contributed by atoms with Gasteiger partial charge in [0.05, 0.1) is 26.4 Å². The number of rotatable bonds is 78. The number of hydrogen-bond donors (Lipinski definition) is 3. The van der Waals surface area contributed by atoms with Crippen LogP contribution in [0.5, 0.6) is 0 Å². The largest absolute Gasteiger partial charge is 0.472 e. The molecule has 3 N–H and O–H groups in total. The number of hydrogen-bond acceptors (Lipinski definition) is 15. The molecule has 19 heteroatoms. The number of carbonyl (C=O) groups excluding carboxylic acids is 4. The van der Waals surface area contributed by atoms with Crippen LogP contribution in [0, 0.1) is 5.92 Å². The van der Waals surface area contributed by atoms with Crippen molar-refractivity contribution in [3.05, 3.63) is 0 Å². The Morgan fingerprint density at radius 1 is 0.278 bits per heavy atom. The van der Waals surface area contributed by atoms with Crippen molar-refractivity contribution in [2.45, 2.75) is 432 Å². The fraction of sp³-hybridized carbons (Fsp3) is 0.949. The Hall–Kier alpha value is -1.94. The zero-order valence-corrected chi connectivity index (χ0v) is 65.0. The monoisotopic (exact) mass is 1420 g/mol. The molecule has 0 aromatic rings. The summed E-state index contributed by atoms with van der Waals surface area (Å²) in [5.74, 6) is -1.29. The first-order chi connectivity index (χ1) is 47.0. The molecule has 576 valence electrons. The average molecular weight is 1420 g/mol. The van der Waals surface area contributed by atoms with Crippen LogP contribution in [0.25, 0.3) is 0 Å². The normalized spacial score (nSPS) is 13.9. The first-order valence-corrected chi connectivity index (χ1v) is 43.6. The third-order valence-electron chi connectivity index (χ3n) is 18.3. The van der Waals surface area contributed by atoms with Crippen LogP contribution in [0.4, 0.5) is 0 Å². The molecule has 0 heterocycles. The lowest BCUT2D eigenvalue weighted by Crippen LogP contribution is -2.30. The minimum absolute atomic E-state index is 0.108. The summed E-state index contributed by atoms with van der Waals surface area (Å²) in [5, 5.41) is 10.6. The number of esters is 4. The van der Waals surface area contributed by atoms with Crippen LogP contribution < -0.4 is 0 Å². The molecule has 0 aliphatic rings. The maximum absolute atomic E-state index is 13.1. The van der Waals surface area contributed by atoms with Gasteiger partial charge in [0.2, 0.25) is 0 Å². The van der Waals surface area contributed by atoms with E-state index in [0.29, 0.717) is 25.7 Å². The Bertz CT molecular complexity index is 1860. The standard InChI is InChI=1S/C78H152O17P2/c1-6-9-12-15-18-21-24-25-33-38-42-47-52-57-62-76(81)89-68-74(95-78(83)64-59-54-49-44-39-34-31-29-27-26-28-30-32-37-40-45-50-55-60-71(4)5)70-93-97(86,87)91-66-72(79)65-90-96(84,85)92-69-73(94-77(82)63-58-53-48-43-36-23-20-17-14-11-8-3)67-88-75(80)61-56-51-46-41-35-22-19-16-13-10-7-2/h71-74,79H,6-70H2,1-5H3,(H,84,85)(H,86,87)/t72-,73+,74+/m0/s1.